The first kappa shape index (κ1) is 14.9. The number of hydrogen-bond acceptors (Lipinski definition) is 5. The molecule has 0 amide bonds. The van der Waals surface area contributed by atoms with Crippen molar-refractivity contribution in [2.45, 2.75) is 33.4 Å². The number of nitrogens with zero attached hydrogens (tertiary/aromatic N) is 2. The summed E-state index contributed by atoms with van der Waals surface area (Å²) in [5, 5.41) is 3.32. The number of aromatic nitrogens is 2. The Kier molecular flexibility index (Phi) is 6.60. The van der Waals surface area contributed by atoms with Gasteiger partial charge in [0.1, 0.15) is 6.10 Å². The van der Waals surface area contributed by atoms with Crippen LogP contribution in [0.5, 0.6) is 5.88 Å². The Labute approximate surface area is 109 Å². The topological polar surface area (TPSA) is 56.3 Å². The van der Waals surface area contributed by atoms with Gasteiger partial charge in [-0.05, 0) is 19.4 Å². The molecule has 1 heterocycles. The van der Waals surface area contributed by atoms with Crippen LogP contribution in [0.4, 0.5) is 0 Å². The van der Waals surface area contributed by atoms with E-state index in [0.717, 1.165) is 12.2 Å². The molecule has 0 radical (unpaired) electrons. The highest BCUT2D eigenvalue weighted by molar-refractivity contribution is 5.08. The Morgan fingerprint density at radius 3 is 2.72 bits per heavy atom. The van der Waals surface area contributed by atoms with Crippen molar-refractivity contribution in [2.75, 3.05) is 20.3 Å². The van der Waals surface area contributed by atoms with Crippen LogP contribution < -0.4 is 10.1 Å². The van der Waals surface area contributed by atoms with Gasteiger partial charge in [0.2, 0.25) is 5.88 Å². The predicted molar refractivity (Wildman–Crippen MR) is 70.5 cm³/mol. The van der Waals surface area contributed by atoms with Gasteiger partial charge in [0.05, 0.1) is 18.5 Å². The Bertz CT molecular complexity index is 345. The quantitative estimate of drug-likeness (QED) is 0.763. The highest BCUT2D eigenvalue weighted by Crippen LogP contribution is 2.07. The van der Waals surface area contributed by atoms with Crippen LogP contribution in [-0.4, -0.2) is 36.3 Å². The van der Waals surface area contributed by atoms with E-state index >= 15 is 0 Å². The number of ether oxygens (including phenoxy) is 2. The minimum atomic E-state index is -0.0248. The Balaban J connectivity index is 2.46. The summed E-state index contributed by atoms with van der Waals surface area (Å²) in [5.41, 5.74) is 0.887. The molecule has 1 N–H and O–H groups in total. The minimum Gasteiger partial charge on any atom is -0.471 e. The maximum Gasteiger partial charge on any atom is 0.232 e. The summed E-state index contributed by atoms with van der Waals surface area (Å²) < 4.78 is 10.6. The number of nitrogens with one attached hydrogen (secondary N) is 1. The third-order valence-corrected chi connectivity index (χ3v) is 2.24. The second-order valence-corrected chi connectivity index (χ2v) is 4.76. The first-order valence-corrected chi connectivity index (χ1v) is 6.29. The van der Waals surface area contributed by atoms with Crippen LogP contribution in [0.1, 0.15) is 26.5 Å². The number of hydrogen-bond donors (Lipinski definition) is 1. The van der Waals surface area contributed by atoms with Crippen molar-refractivity contribution in [3.05, 3.63) is 18.1 Å². The summed E-state index contributed by atoms with van der Waals surface area (Å²) in [6, 6.07) is 0. The molecule has 1 aromatic rings. The van der Waals surface area contributed by atoms with Crippen molar-refractivity contribution in [3.63, 3.8) is 0 Å². The molecule has 0 spiro atoms. The molecule has 1 rings (SSSR count). The number of methoxy groups -OCH3 is 1. The second-order valence-electron chi connectivity index (χ2n) is 4.76. The van der Waals surface area contributed by atoms with E-state index in [1.54, 1.807) is 19.5 Å². The van der Waals surface area contributed by atoms with Gasteiger partial charge in [0.15, 0.2) is 0 Å². The largest absolute Gasteiger partial charge is 0.471 e. The Hall–Kier alpha value is -1.20. The molecule has 0 bridgehead atoms. The molecular weight excluding hydrogens is 230 g/mol. The van der Waals surface area contributed by atoms with Gasteiger partial charge in [-0.15, -0.1) is 0 Å². The van der Waals surface area contributed by atoms with Crippen molar-refractivity contribution < 1.29 is 9.47 Å². The van der Waals surface area contributed by atoms with Crippen LogP contribution in [0.25, 0.3) is 0 Å². The van der Waals surface area contributed by atoms with E-state index in [1.165, 1.54) is 0 Å². The van der Waals surface area contributed by atoms with Gasteiger partial charge in [0, 0.05) is 19.9 Å². The standard InChI is InChI=1S/C13H23N3O2/c1-10(2)5-14-6-12-7-15-8-13(16-12)18-11(3)9-17-4/h7-8,10-11,14H,5-6,9H2,1-4H3. The molecule has 5 nitrogen and oxygen atoms in total. The smallest absolute Gasteiger partial charge is 0.232 e. The molecule has 1 aromatic heterocycles. The second kappa shape index (κ2) is 8.00. The first-order valence-electron chi connectivity index (χ1n) is 6.29. The summed E-state index contributed by atoms with van der Waals surface area (Å²) in [7, 11) is 1.65. The molecule has 0 fully saturated rings. The van der Waals surface area contributed by atoms with E-state index in [9.17, 15) is 0 Å². The summed E-state index contributed by atoms with van der Waals surface area (Å²) in [6.07, 6.45) is 3.35. The molecule has 18 heavy (non-hydrogen) atoms. The minimum absolute atomic E-state index is 0.0248. The van der Waals surface area contributed by atoms with Crippen molar-refractivity contribution in [3.8, 4) is 5.88 Å². The van der Waals surface area contributed by atoms with Crippen LogP contribution >= 0.6 is 0 Å². The molecule has 1 unspecified atom stereocenters. The lowest BCUT2D eigenvalue weighted by molar-refractivity contribution is 0.0885. The SMILES string of the molecule is COCC(C)Oc1cncc(CNCC(C)C)n1. The molecule has 0 aromatic carbocycles. The molecule has 0 aliphatic carbocycles. The highest BCUT2D eigenvalue weighted by Gasteiger charge is 2.06. The van der Waals surface area contributed by atoms with Crippen molar-refractivity contribution >= 4 is 0 Å². The molecule has 0 saturated heterocycles. The van der Waals surface area contributed by atoms with Gasteiger partial charge in [0.25, 0.3) is 0 Å². The maximum absolute atomic E-state index is 5.60. The molecule has 102 valence electrons. The lowest BCUT2D eigenvalue weighted by Crippen LogP contribution is -2.21. The van der Waals surface area contributed by atoms with Crippen molar-refractivity contribution in [1.29, 1.82) is 0 Å². The van der Waals surface area contributed by atoms with E-state index in [4.69, 9.17) is 9.47 Å². The van der Waals surface area contributed by atoms with Crippen LogP contribution in [0.2, 0.25) is 0 Å². The molecule has 0 aliphatic heterocycles. The summed E-state index contributed by atoms with van der Waals surface area (Å²) in [4.78, 5) is 8.52. The molecule has 1 atom stereocenters. The zero-order chi connectivity index (χ0) is 13.4. The van der Waals surface area contributed by atoms with Crippen LogP contribution in [0.15, 0.2) is 12.4 Å². The summed E-state index contributed by atoms with van der Waals surface area (Å²) >= 11 is 0. The zero-order valence-corrected chi connectivity index (χ0v) is 11.6. The fraction of sp³-hybridized carbons (Fsp3) is 0.692. The van der Waals surface area contributed by atoms with Crippen molar-refractivity contribution in [1.82, 2.24) is 15.3 Å². The third-order valence-electron chi connectivity index (χ3n) is 2.24. The van der Waals surface area contributed by atoms with E-state index in [0.29, 0.717) is 24.9 Å². The average molecular weight is 253 g/mol. The number of rotatable bonds is 8. The Morgan fingerprint density at radius 1 is 1.28 bits per heavy atom. The Morgan fingerprint density at radius 2 is 2.06 bits per heavy atom. The molecule has 5 heteroatoms. The molecule has 0 saturated carbocycles. The van der Waals surface area contributed by atoms with Gasteiger partial charge in [-0.25, -0.2) is 4.98 Å². The van der Waals surface area contributed by atoms with E-state index < -0.39 is 0 Å². The normalized spacial score (nSPS) is 12.7. The summed E-state index contributed by atoms with van der Waals surface area (Å²) in [6.45, 7) is 8.50. The zero-order valence-electron chi connectivity index (χ0n) is 11.6. The monoisotopic (exact) mass is 253 g/mol. The average Bonchev–Trinajstić information content (AvgIpc) is 2.29. The van der Waals surface area contributed by atoms with Crippen LogP contribution in [0.3, 0.4) is 0 Å². The molecule has 0 aliphatic rings. The maximum atomic E-state index is 5.60. The lowest BCUT2D eigenvalue weighted by atomic mass is 10.2. The fourth-order valence-electron chi connectivity index (χ4n) is 1.49. The van der Waals surface area contributed by atoms with Gasteiger partial charge < -0.3 is 14.8 Å². The highest BCUT2D eigenvalue weighted by atomic mass is 16.5. The van der Waals surface area contributed by atoms with Gasteiger partial charge >= 0.3 is 0 Å². The van der Waals surface area contributed by atoms with Crippen LogP contribution in [0, 0.1) is 5.92 Å². The van der Waals surface area contributed by atoms with E-state index in [1.807, 2.05) is 6.92 Å². The lowest BCUT2D eigenvalue weighted by Gasteiger charge is -2.13. The summed E-state index contributed by atoms with van der Waals surface area (Å²) in [5.74, 6) is 1.17. The van der Waals surface area contributed by atoms with Gasteiger partial charge in [-0.3, -0.25) is 4.98 Å². The first-order chi connectivity index (χ1) is 8.61. The predicted octanol–water partition coefficient (Wildman–Crippen LogP) is 1.64. The van der Waals surface area contributed by atoms with Gasteiger partial charge in [-0.1, -0.05) is 13.8 Å². The molecular formula is C13H23N3O2. The third kappa shape index (κ3) is 5.93. The van der Waals surface area contributed by atoms with Gasteiger partial charge in [-0.2, -0.15) is 0 Å². The fourth-order valence-corrected chi connectivity index (χ4v) is 1.49. The van der Waals surface area contributed by atoms with E-state index in [2.05, 4.69) is 29.1 Å². The van der Waals surface area contributed by atoms with Crippen LogP contribution in [-0.2, 0) is 11.3 Å². The van der Waals surface area contributed by atoms with E-state index in [-0.39, 0.29) is 6.10 Å². The van der Waals surface area contributed by atoms with Crippen molar-refractivity contribution in [2.24, 2.45) is 5.92 Å².